The summed E-state index contributed by atoms with van der Waals surface area (Å²) in [6.45, 7) is 0. The van der Waals surface area contributed by atoms with Gasteiger partial charge in [0.25, 0.3) is 0 Å². The van der Waals surface area contributed by atoms with Crippen LogP contribution >= 0.6 is 38.9 Å². The molecule has 118 valence electrons. The molecule has 0 unspecified atom stereocenters. The summed E-state index contributed by atoms with van der Waals surface area (Å²) >= 11 is 11.3. The Labute approximate surface area is 155 Å². The number of carbonyl (C=O) groups excluding carboxylic acids is 1. The van der Waals surface area contributed by atoms with Crippen LogP contribution in [0.3, 0.4) is 0 Å². The molecule has 24 heavy (non-hydrogen) atoms. The second-order valence-electron chi connectivity index (χ2n) is 5.13. The number of ether oxygens (including phenoxy) is 1. The zero-order valence-electron chi connectivity index (χ0n) is 12.1. The average Bonchev–Trinajstić information content (AvgIpc) is 3.11. The molecule has 0 amide bonds. The molecule has 6 heteroatoms. The summed E-state index contributed by atoms with van der Waals surface area (Å²) in [6, 6.07) is 15.4. The molecule has 3 aromatic rings. The van der Waals surface area contributed by atoms with Crippen molar-refractivity contribution in [2.75, 3.05) is 0 Å². The van der Waals surface area contributed by atoms with Crippen LogP contribution in [0, 0.1) is 0 Å². The van der Waals surface area contributed by atoms with Gasteiger partial charge >= 0.3 is 5.97 Å². The molecule has 2 aromatic carbocycles. The van der Waals surface area contributed by atoms with Crippen molar-refractivity contribution in [1.82, 2.24) is 0 Å². The molecule has 0 saturated heterocycles. The second kappa shape index (κ2) is 6.16. The lowest BCUT2D eigenvalue weighted by atomic mass is 10.2. The Hall–Kier alpha value is -1.95. The molecular weight excluding hydrogens is 410 g/mol. The van der Waals surface area contributed by atoms with Crippen molar-refractivity contribution in [3.63, 3.8) is 0 Å². The van der Waals surface area contributed by atoms with Gasteiger partial charge in [0.15, 0.2) is 5.70 Å². The largest absolute Gasteiger partial charge is 0.401 e. The van der Waals surface area contributed by atoms with E-state index in [9.17, 15) is 4.79 Å². The number of fused-ring (bicyclic) bond motifs is 1. The Bertz CT molecular complexity index is 1020. The summed E-state index contributed by atoms with van der Waals surface area (Å²) in [6.07, 6.45) is 1.70. The molecule has 0 N–H and O–H groups in total. The van der Waals surface area contributed by atoms with Crippen LogP contribution in [0.1, 0.15) is 10.4 Å². The molecular formula is C18H9BrClNO2S. The van der Waals surface area contributed by atoms with E-state index in [1.54, 1.807) is 6.08 Å². The van der Waals surface area contributed by atoms with E-state index in [-0.39, 0.29) is 11.6 Å². The van der Waals surface area contributed by atoms with E-state index in [4.69, 9.17) is 16.3 Å². The Morgan fingerprint density at radius 1 is 1.12 bits per heavy atom. The first-order chi connectivity index (χ1) is 11.6. The third kappa shape index (κ3) is 2.79. The minimum absolute atomic E-state index is 0.259. The smallest absolute Gasteiger partial charge is 0.363 e. The SMILES string of the molecule is O=C1OC(c2sc3ccccc3c2Cl)=N/C1=C/c1ccc(Br)cc1. The molecule has 0 spiro atoms. The number of thiophene rings is 1. The van der Waals surface area contributed by atoms with Gasteiger partial charge in [0.05, 0.1) is 5.02 Å². The maximum Gasteiger partial charge on any atom is 0.363 e. The molecule has 0 aliphatic carbocycles. The highest BCUT2D eigenvalue weighted by Crippen LogP contribution is 2.37. The van der Waals surface area contributed by atoms with Crippen molar-refractivity contribution >= 4 is 66.9 Å². The summed E-state index contributed by atoms with van der Waals surface area (Å²) in [5, 5.41) is 1.50. The molecule has 1 aliphatic heterocycles. The number of halogens is 2. The number of nitrogens with zero attached hydrogens (tertiary/aromatic N) is 1. The maximum absolute atomic E-state index is 12.1. The van der Waals surface area contributed by atoms with Gasteiger partial charge in [-0.3, -0.25) is 0 Å². The first kappa shape index (κ1) is 15.6. The minimum Gasteiger partial charge on any atom is -0.401 e. The molecule has 4 rings (SSSR count). The number of cyclic esters (lactones) is 1. The van der Waals surface area contributed by atoms with Gasteiger partial charge in [-0.25, -0.2) is 9.79 Å². The molecule has 0 fully saturated rings. The Morgan fingerprint density at radius 3 is 2.62 bits per heavy atom. The number of hydrogen-bond donors (Lipinski definition) is 0. The van der Waals surface area contributed by atoms with E-state index < -0.39 is 5.97 Å². The Kier molecular flexibility index (Phi) is 4.00. The molecule has 3 nitrogen and oxygen atoms in total. The van der Waals surface area contributed by atoms with Gasteiger partial charge in [0.1, 0.15) is 4.88 Å². The highest BCUT2D eigenvalue weighted by molar-refractivity contribution is 9.10. The monoisotopic (exact) mass is 417 g/mol. The fourth-order valence-corrected chi connectivity index (χ4v) is 4.08. The van der Waals surface area contributed by atoms with Crippen LogP contribution < -0.4 is 0 Å². The molecule has 0 saturated carbocycles. The van der Waals surface area contributed by atoms with Crippen LogP contribution in [0.5, 0.6) is 0 Å². The first-order valence-electron chi connectivity index (χ1n) is 7.07. The van der Waals surface area contributed by atoms with Crippen molar-refractivity contribution in [3.8, 4) is 0 Å². The normalized spacial score (nSPS) is 15.8. The van der Waals surface area contributed by atoms with E-state index in [2.05, 4.69) is 20.9 Å². The standard InChI is InChI=1S/C18H9BrClNO2S/c19-11-7-5-10(6-8-11)9-13-18(22)23-17(21-13)16-15(20)12-3-1-2-4-14(12)24-16/h1-9H/b13-9+. The fourth-order valence-electron chi connectivity index (χ4n) is 2.37. The third-order valence-electron chi connectivity index (χ3n) is 3.52. The van der Waals surface area contributed by atoms with Gasteiger partial charge in [0, 0.05) is 14.6 Å². The lowest BCUT2D eigenvalue weighted by molar-refractivity contribution is -0.129. The topological polar surface area (TPSA) is 38.7 Å². The van der Waals surface area contributed by atoms with E-state index >= 15 is 0 Å². The molecule has 1 aliphatic rings. The van der Waals surface area contributed by atoms with E-state index in [1.165, 1.54) is 11.3 Å². The summed E-state index contributed by atoms with van der Waals surface area (Å²) in [7, 11) is 0. The highest BCUT2D eigenvalue weighted by atomic mass is 79.9. The summed E-state index contributed by atoms with van der Waals surface area (Å²) in [5.74, 6) is -0.212. The lowest BCUT2D eigenvalue weighted by Crippen LogP contribution is -2.04. The minimum atomic E-state index is -0.471. The molecule has 1 aromatic heterocycles. The van der Waals surface area contributed by atoms with Crippen LogP contribution in [0.15, 0.2) is 63.7 Å². The molecule has 0 bridgehead atoms. The highest BCUT2D eigenvalue weighted by Gasteiger charge is 2.27. The quantitative estimate of drug-likeness (QED) is 0.398. The number of rotatable bonds is 2. The predicted molar refractivity (Wildman–Crippen MR) is 102 cm³/mol. The number of esters is 1. The molecule has 2 heterocycles. The Balaban J connectivity index is 1.75. The first-order valence-corrected chi connectivity index (χ1v) is 9.06. The van der Waals surface area contributed by atoms with Crippen LogP contribution in [0.25, 0.3) is 16.2 Å². The van der Waals surface area contributed by atoms with E-state index in [0.29, 0.717) is 9.90 Å². The summed E-state index contributed by atoms with van der Waals surface area (Å²) < 4.78 is 7.33. The van der Waals surface area contributed by atoms with Crippen molar-refractivity contribution in [1.29, 1.82) is 0 Å². The van der Waals surface area contributed by atoms with Gasteiger partial charge < -0.3 is 4.74 Å². The zero-order chi connectivity index (χ0) is 16.7. The van der Waals surface area contributed by atoms with Crippen molar-refractivity contribution in [2.24, 2.45) is 4.99 Å². The van der Waals surface area contributed by atoms with Gasteiger partial charge in [-0.2, -0.15) is 0 Å². The summed E-state index contributed by atoms with van der Waals surface area (Å²) in [4.78, 5) is 17.1. The van der Waals surface area contributed by atoms with Crippen LogP contribution in [0.4, 0.5) is 0 Å². The van der Waals surface area contributed by atoms with E-state index in [1.807, 2.05) is 48.5 Å². The van der Waals surface area contributed by atoms with Gasteiger partial charge in [-0.15, -0.1) is 11.3 Å². The van der Waals surface area contributed by atoms with Gasteiger partial charge in [-0.05, 0) is 29.8 Å². The number of hydrogen-bond acceptors (Lipinski definition) is 4. The van der Waals surface area contributed by atoms with Crippen molar-refractivity contribution in [3.05, 3.63) is 74.2 Å². The van der Waals surface area contributed by atoms with Crippen LogP contribution in [0.2, 0.25) is 5.02 Å². The zero-order valence-corrected chi connectivity index (χ0v) is 15.3. The van der Waals surface area contributed by atoms with Gasteiger partial charge in [0.2, 0.25) is 5.90 Å². The van der Waals surface area contributed by atoms with Crippen LogP contribution in [-0.4, -0.2) is 11.9 Å². The van der Waals surface area contributed by atoms with Crippen molar-refractivity contribution in [2.45, 2.75) is 0 Å². The van der Waals surface area contributed by atoms with Gasteiger partial charge in [-0.1, -0.05) is 57.9 Å². The number of benzene rings is 2. The fraction of sp³-hybridized carbons (Fsp3) is 0. The predicted octanol–water partition coefficient (Wildman–Crippen LogP) is 5.66. The molecule has 0 atom stereocenters. The number of carbonyl (C=O) groups is 1. The Morgan fingerprint density at radius 2 is 1.88 bits per heavy atom. The molecule has 0 radical (unpaired) electrons. The lowest BCUT2D eigenvalue weighted by Gasteiger charge is -1.95. The average molecular weight is 419 g/mol. The second-order valence-corrected chi connectivity index (χ2v) is 7.47. The maximum atomic E-state index is 12.1. The van der Waals surface area contributed by atoms with E-state index in [0.717, 1.165) is 20.1 Å². The van der Waals surface area contributed by atoms with Crippen LogP contribution in [-0.2, 0) is 9.53 Å². The number of aliphatic imine (C=N–C) groups is 1. The third-order valence-corrected chi connectivity index (χ3v) is 5.72. The summed E-state index contributed by atoms with van der Waals surface area (Å²) in [5.41, 5.74) is 1.14. The van der Waals surface area contributed by atoms with Crippen molar-refractivity contribution < 1.29 is 9.53 Å².